The zero-order valence-electron chi connectivity index (χ0n) is 9.04. The van der Waals surface area contributed by atoms with Crippen LogP contribution in [-0.2, 0) is 4.79 Å². The quantitative estimate of drug-likeness (QED) is 0.494. The minimum absolute atomic E-state index is 0.00134. The molecule has 0 aliphatic carbocycles. The van der Waals surface area contributed by atoms with Crippen LogP contribution >= 0.6 is 15.9 Å². The van der Waals surface area contributed by atoms with Crippen molar-refractivity contribution < 1.29 is 4.79 Å². The average molecular weight is 275 g/mol. The second kappa shape index (κ2) is 4.76. The molecule has 0 spiro atoms. The summed E-state index contributed by atoms with van der Waals surface area (Å²) in [6, 6.07) is -0.00134. The normalized spacial score (nSPS) is 12.6. The third kappa shape index (κ3) is 2.57. The summed E-state index contributed by atoms with van der Waals surface area (Å²) >= 11 is 3.44. The maximum Gasteiger partial charge on any atom is 0.236 e. The SMILES string of the molecule is Cc1nn([C@H](C)CC(=O)NN)c(C)c1Br. The van der Waals surface area contributed by atoms with E-state index in [0.29, 0.717) is 6.42 Å². The Morgan fingerprint density at radius 3 is 2.67 bits per heavy atom. The fourth-order valence-corrected chi connectivity index (χ4v) is 1.75. The van der Waals surface area contributed by atoms with E-state index in [2.05, 4.69) is 26.5 Å². The first-order chi connectivity index (χ1) is 6.97. The lowest BCUT2D eigenvalue weighted by Crippen LogP contribution is -2.31. The predicted octanol–water partition coefficient (Wildman–Crippen LogP) is 1.20. The van der Waals surface area contributed by atoms with E-state index in [1.54, 1.807) is 0 Å². The van der Waals surface area contributed by atoms with E-state index in [4.69, 9.17) is 5.84 Å². The van der Waals surface area contributed by atoms with E-state index in [1.807, 2.05) is 25.5 Å². The lowest BCUT2D eigenvalue weighted by molar-refractivity contribution is -0.121. The number of aryl methyl sites for hydroxylation is 1. The maximum absolute atomic E-state index is 11.1. The molecule has 0 unspecified atom stereocenters. The number of hydrazine groups is 1. The maximum atomic E-state index is 11.1. The van der Waals surface area contributed by atoms with Gasteiger partial charge in [-0.25, -0.2) is 5.84 Å². The Labute approximate surface area is 97.1 Å². The van der Waals surface area contributed by atoms with Crippen molar-refractivity contribution >= 4 is 21.8 Å². The molecule has 0 aliphatic heterocycles. The monoisotopic (exact) mass is 274 g/mol. The second-order valence-electron chi connectivity index (χ2n) is 3.55. The van der Waals surface area contributed by atoms with Crippen LogP contribution < -0.4 is 11.3 Å². The highest BCUT2D eigenvalue weighted by molar-refractivity contribution is 9.10. The van der Waals surface area contributed by atoms with Crippen molar-refractivity contribution in [1.82, 2.24) is 15.2 Å². The van der Waals surface area contributed by atoms with Crippen molar-refractivity contribution in [3.63, 3.8) is 0 Å². The first kappa shape index (κ1) is 12.2. The van der Waals surface area contributed by atoms with Crippen LogP contribution in [0.25, 0.3) is 0 Å². The lowest BCUT2D eigenvalue weighted by Gasteiger charge is -2.13. The van der Waals surface area contributed by atoms with E-state index >= 15 is 0 Å². The third-order valence-electron chi connectivity index (χ3n) is 2.30. The highest BCUT2D eigenvalue weighted by Crippen LogP contribution is 2.23. The minimum atomic E-state index is -0.189. The lowest BCUT2D eigenvalue weighted by atomic mass is 10.2. The molecule has 15 heavy (non-hydrogen) atoms. The molecule has 1 atom stereocenters. The van der Waals surface area contributed by atoms with E-state index < -0.39 is 0 Å². The summed E-state index contributed by atoms with van der Waals surface area (Å²) in [6.07, 6.45) is 0.324. The Morgan fingerprint density at radius 2 is 2.27 bits per heavy atom. The molecule has 1 amide bonds. The summed E-state index contributed by atoms with van der Waals surface area (Å²) in [7, 11) is 0. The molecule has 84 valence electrons. The van der Waals surface area contributed by atoms with Gasteiger partial charge in [0.05, 0.1) is 28.3 Å². The van der Waals surface area contributed by atoms with Crippen LogP contribution in [-0.4, -0.2) is 15.7 Å². The van der Waals surface area contributed by atoms with Crippen molar-refractivity contribution in [2.24, 2.45) is 5.84 Å². The molecular weight excluding hydrogens is 260 g/mol. The highest BCUT2D eigenvalue weighted by Gasteiger charge is 2.16. The number of rotatable bonds is 3. The first-order valence-electron chi connectivity index (χ1n) is 4.68. The molecule has 1 aromatic heterocycles. The van der Waals surface area contributed by atoms with Crippen LogP contribution in [0.15, 0.2) is 4.47 Å². The molecule has 0 fully saturated rings. The van der Waals surface area contributed by atoms with E-state index in [9.17, 15) is 4.79 Å². The van der Waals surface area contributed by atoms with Crippen LogP contribution in [0, 0.1) is 13.8 Å². The third-order valence-corrected chi connectivity index (χ3v) is 3.44. The van der Waals surface area contributed by atoms with Gasteiger partial charge in [0.15, 0.2) is 0 Å². The smallest absolute Gasteiger partial charge is 0.236 e. The molecule has 5 nitrogen and oxygen atoms in total. The van der Waals surface area contributed by atoms with Crippen LogP contribution in [0.1, 0.15) is 30.8 Å². The van der Waals surface area contributed by atoms with E-state index in [0.717, 1.165) is 15.9 Å². The first-order valence-corrected chi connectivity index (χ1v) is 5.47. The van der Waals surface area contributed by atoms with Crippen molar-refractivity contribution in [2.75, 3.05) is 0 Å². The van der Waals surface area contributed by atoms with Gasteiger partial charge < -0.3 is 0 Å². The van der Waals surface area contributed by atoms with Gasteiger partial charge in [0.25, 0.3) is 0 Å². The van der Waals surface area contributed by atoms with Crippen molar-refractivity contribution in [1.29, 1.82) is 0 Å². The largest absolute Gasteiger partial charge is 0.294 e. The van der Waals surface area contributed by atoms with Gasteiger partial charge in [0.2, 0.25) is 5.91 Å². The van der Waals surface area contributed by atoms with Crippen LogP contribution in [0.3, 0.4) is 0 Å². The van der Waals surface area contributed by atoms with Gasteiger partial charge in [-0.15, -0.1) is 0 Å². The molecule has 0 bridgehead atoms. The molecule has 1 rings (SSSR count). The molecule has 0 saturated carbocycles. The Hall–Kier alpha value is -0.880. The number of amides is 1. The van der Waals surface area contributed by atoms with Gasteiger partial charge in [-0.3, -0.25) is 14.9 Å². The minimum Gasteiger partial charge on any atom is -0.294 e. The van der Waals surface area contributed by atoms with E-state index in [1.165, 1.54) is 0 Å². The zero-order chi connectivity index (χ0) is 11.6. The van der Waals surface area contributed by atoms with Gasteiger partial charge in [-0.05, 0) is 36.7 Å². The summed E-state index contributed by atoms with van der Waals surface area (Å²) in [4.78, 5) is 11.1. The van der Waals surface area contributed by atoms with Gasteiger partial charge in [-0.1, -0.05) is 0 Å². The number of hydrogen-bond donors (Lipinski definition) is 2. The molecular formula is C9H15BrN4O. The Morgan fingerprint density at radius 1 is 1.67 bits per heavy atom. The average Bonchev–Trinajstić information content (AvgIpc) is 2.45. The Kier molecular flexibility index (Phi) is 3.87. The number of hydrogen-bond acceptors (Lipinski definition) is 3. The highest BCUT2D eigenvalue weighted by atomic mass is 79.9. The summed E-state index contributed by atoms with van der Waals surface area (Å²) in [6.45, 7) is 5.81. The molecule has 0 radical (unpaired) electrons. The van der Waals surface area contributed by atoms with Gasteiger partial charge in [0, 0.05) is 0 Å². The Bertz CT molecular complexity index is 374. The summed E-state index contributed by atoms with van der Waals surface area (Å²) in [5.74, 6) is 4.84. The number of nitrogens with two attached hydrogens (primary N) is 1. The molecule has 0 aliphatic rings. The summed E-state index contributed by atoms with van der Waals surface area (Å²) < 4.78 is 2.82. The van der Waals surface area contributed by atoms with Crippen LogP contribution in [0.5, 0.6) is 0 Å². The zero-order valence-corrected chi connectivity index (χ0v) is 10.6. The molecule has 6 heteroatoms. The number of halogens is 1. The second-order valence-corrected chi connectivity index (χ2v) is 4.34. The van der Waals surface area contributed by atoms with Crippen molar-refractivity contribution in [2.45, 2.75) is 33.2 Å². The number of nitrogens with zero attached hydrogens (tertiary/aromatic N) is 2. The van der Waals surface area contributed by atoms with Gasteiger partial charge in [0.1, 0.15) is 0 Å². The Balaban J connectivity index is 2.87. The van der Waals surface area contributed by atoms with Gasteiger partial charge >= 0.3 is 0 Å². The van der Waals surface area contributed by atoms with Crippen molar-refractivity contribution in [3.8, 4) is 0 Å². The molecule has 0 aromatic carbocycles. The summed E-state index contributed by atoms with van der Waals surface area (Å²) in [5.41, 5.74) is 4.06. The molecule has 1 heterocycles. The van der Waals surface area contributed by atoms with Crippen LogP contribution in [0.2, 0.25) is 0 Å². The predicted molar refractivity (Wildman–Crippen MR) is 61.1 cm³/mol. The fraction of sp³-hybridized carbons (Fsp3) is 0.556. The topological polar surface area (TPSA) is 72.9 Å². The number of carbonyl (C=O) groups excluding carboxylic acids is 1. The molecule has 0 saturated heterocycles. The number of nitrogens with one attached hydrogen (secondary N) is 1. The van der Waals surface area contributed by atoms with Crippen molar-refractivity contribution in [3.05, 3.63) is 15.9 Å². The summed E-state index contributed by atoms with van der Waals surface area (Å²) in [5, 5.41) is 4.35. The number of aromatic nitrogens is 2. The fourth-order valence-electron chi connectivity index (χ4n) is 1.49. The standard InChI is InChI=1S/C9H15BrN4O/c1-5(4-8(15)12-11)14-7(3)9(10)6(2)13-14/h5H,4,11H2,1-3H3,(H,12,15)/t5-/m1/s1. The number of carbonyl (C=O) groups is 1. The molecule has 3 N–H and O–H groups in total. The molecule has 1 aromatic rings. The van der Waals surface area contributed by atoms with E-state index in [-0.39, 0.29) is 11.9 Å². The van der Waals surface area contributed by atoms with Crippen LogP contribution in [0.4, 0.5) is 0 Å². The van der Waals surface area contributed by atoms with Gasteiger partial charge in [-0.2, -0.15) is 5.10 Å².